The third-order valence-electron chi connectivity index (χ3n) is 3.65. The highest BCUT2D eigenvalue weighted by atomic mass is 19.4. The summed E-state index contributed by atoms with van der Waals surface area (Å²) >= 11 is 0. The van der Waals surface area contributed by atoms with Crippen LogP contribution in [0.4, 0.5) is 18.0 Å². The quantitative estimate of drug-likeness (QED) is 0.747. The lowest BCUT2D eigenvalue weighted by molar-refractivity contribution is -0.137. The van der Waals surface area contributed by atoms with Crippen LogP contribution in [-0.4, -0.2) is 23.8 Å². The Labute approximate surface area is 134 Å². The van der Waals surface area contributed by atoms with Gasteiger partial charge < -0.3 is 15.7 Å². The van der Waals surface area contributed by atoms with Crippen LogP contribution in [0.2, 0.25) is 0 Å². The number of aliphatic hydroxyl groups excluding tert-OH is 1. The van der Waals surface area contributed by atoms with Crippen molar-refractivity contribution in [3.8, 4) is 0 Å². The van der Waals surface area contributed by atoms with Gasteiger partial charge in [0.1, 0.15) is 0 Å². The van der Waals surface area contributed by atoms with Gasteiger partial charge in [-0.3, -0.25) is 0 Å². The van der Waals surface area contributed by atoms with Crippen molar-refractivity contribution in [1.29, 1.82) is 0 Å². The zero-order valence-corrected chi connectivity index (χ0v) is 13.4. The van der Waals surface area contributed by atoms with Crippen molar-refractivity contribution in [2.75, 3.05) is 6.61 Å². The molecule has 0 radical (unpaired) electrons. The van der Waals surface area contributed by atoms with Crippen LogP contribution in [0.3, 0.4) is 0 Å². The summed E-state index contributed by atoms with van der Waals surface area (Å²) in [5, 5.41) is 14.4. The van der Waals surface area contributed by atoms with Gasteiger partial charge in [0, 0.05) is 12.6 Å². The fourth-order valence-electron chi connectivity index (χ4n) is 2.16. The van der Waals surface area contributed by atoms with E-state index < -0.39 is 23.8 Å². The predicted octanol–water partition coefficient (Wildman–Crippen LogP) is 3.47. The van der Waals surface area contributed by atoms with Gasteiger partial charge in [-0.05, 0) is 37.0 Å². The number of amides is 2. The lowest BCUT2D eigenvalue weighted by Crippen LogP contribution is -2.45. The van der Waals surface area contributed by atoms with Crippen LogP contribution >= 0.6 is 0 Å². The summed E-state index contributed by atoms with van der Waals surface area (Å²) < 4.78 is 37.6. The molecule has 23 heavy (non-hydrogen) atoms. The molecule has 0 saturated heterocycles. The SMILES string of the molecule is CC(NC(=O)NC(CCO)C(C)C)c1ccc(C(F)(F)F)cc1. The fourth-order valence-corrected chi connectivity index (χ4v) is 2.16. The number of urea groups is 1. The van der Waals surface area contributed by atoms with Crippen LogP contribution < -0.4 is 10.6 Å². The third kappa shape index (κ3) is 6.09. The van der Waals surface area contributed by atoms with Crippen LogP contribution in [0.25, 0.3) is 0 Å². The lowest BCUT2D eigenvalue weighted by Gasteiger charge is -2.23. The zero-order chi connectivity index (χ0) is 17.6. The molecule has 0 heterocycles. The Morgan fingerprint density at radius 1 is 1.13 bits per heavy atom. The summed E-state index contributed by atoms with van der Waals surface area (Å²) in [6.07, 6.45) is -3.93. The molecule has 130 valence electrons. The van der Waals surface area contributed by atoms with Gasteiger partial charge in [0.05, 0.1) is 11.6 Å². The summed E-state index contributed by atoms with van der Waals surface area (Å²) in [6, 6.07) is 3.67. The molecule has 0 spiro atoms. The van der Waals surface area contributed by atoms with Gasteiger partial charge in [-0.15, -0.1) is 0 Å². The molecule has 0 aliphatic carbocycles. The van der Waals surface area contributed by atoms with E-state index in [1.807, 2.05) is 13.8 Å². The molecule has 0 aromatic heterocycles. The minimum Gasteiger partial charge on any atom is -0.396 e. The second kappa shape index (κ2) is 8.19. The first-order valence-corrected chi connectivity index (χ1v) is 7.50. The van der Waals surface area contributed by atoms with Crippen LogP contribution in [-0.2, 0) is 6.18 Å². The first kappa shape index (κ1) is 19.3. The molecule has 3 N–H and O–H groups in total. The average molecular weight is 332 g/mol. The molecule has 1 rings (SSSR count). The Bertz CT molecular complexity index is 501. The van der Waals surface area contributed by atoms with Gasteiger partial charge in [0.15, 0.2) is 0 Å². The summed E-state index contributed by atoms with van der Waals surface area (Å²) in [7, 11) is 0. The van der Waals surface area contributed by atoms with Gasteiger partial charge in [0.2, 0.25) is 0 Å². The van der Waals surface area contributed by atoms with Crippen LogP contribution in [0.15, 0.2) is 24.3 Å². The molecular weight excluding hydrogens is 309 g/mol. The molecule has 0 aliphatic rings. The second-order valence-corrected chi connectivity index (χ2v) is 5.82. The first-order chi connectivity index (χ1) is 10.6. The number of carbonyl (C=O) groups excluding carboxylic acids is 1. The Morgan fingerprint density at radius 3 is 2.13 bits per heavy atom. The minimum atomic E-state index is -4.37. The van der Waals surface area contributed by atoms with E-state index in [2.05, 4.69) is 10.6 Å². The highest BCUT2D eigenvalue weighted by molar-refractivity contribution is 5.74. The van der Waals surface area contributed by atoms with Gasteiger partial charge in [-0.1, -0.05) is 26.0 Å². The standard InChI is InChI=1S/C16H23F3N2O2/c1-10(2)14(8-9-22)21-15(23)20-11(3)12-4-6-13(7-5-12)16(17,18)19/h4-7,10-11,14,22H,8-9H2,1-3H3,(H2,20,21,23). The van der Waals surface area contributed by atoms with E-state index in [1.54, 1.807) is 6.92 Å². The van der Waals surface area contributed by atoms with E-state index in [0.29, 0.717) is 12.0 Å². The Balaban J connectivity index is 2.64. The molecule has 2 atom stereocenters. The van der Waals surface area contributed by atoms with Gasteiger partial charge in [-0.2, -0.15) is 13.2 Å². The number of benzene rings is 1. The number of alkyl halides is 3. The molecule has 0 fully saturated rings. The number of nitrogens with one attached hydrogen (secondary N) is 2. The van der Waals surface area contributed by atoms with Gasteiger partial charge in [-0.25, -0.2) is 4.79 Å². The van der Waals surface area contributed by atoms with E-state index in [4.69, 9.17) is 5.11 Å². The summed E-state index contributed by atoms with van der Waals surface area (Å²) in [4.78, 5) is 12.0. The van der Waals surface area contributed by atoms with E-state index in [-0.39, 0.29) is 18.6 Å². The van der Waals surface area contributed by atoms with Crippen LogP contribution in [0.1, 0.15) is 44.4 Å². The first-order valence-electron chi connectivity index (χ1n) is 7.50. The van der Waals surface area contributed by atoms with E-state index in [1.165, 1.54) is 12.1 Å². The maximum absolute atomic E-state index is 12.5. The highest BCUT2D eigenvalue weighted by Gasteiger charge is 2.30. The van der Waals surface area contributed by atoms with Crippen molar-refractivity contribution in [3.05, 3.63) is 35.4 Å². The Morgan fingerprint density at radius 2 is 1.70 bits per heavy atom. The summed E-state index contributed by atoms with van der Waals surface area (Å²) in [5.74, 6) is 0.161. The normalized spacial score (nSPS) is 14.4. The topological polar surface area (TPSA) is 61.4 Å². The van der Waals surface area contributed by atoms with Crippen molar-refractivity contribution in [2.24, 2.45) is 5.92 Å². The van der Waals surface area contributed by atoms with Crippen molar-refractivity contribution in [1.82, 2.24) is 10.6 Å². The number of hydrogen-bond donors (Lipinski definition) is 3. The Kier molecular flexibility index (Phi) is 6.87. The van der Waals surface area contributed by atoms with E-state index in [0.717, 1.165) is 12.1 Å². The maximum atomic E-state index is 12.5. The summed E-state index contributed by atoms with van der Waals surface area (Å²) in [6.45, 7) is 5.52. The molecule has 0 saturated carbocycles. The average Bonchev–Trinajstić information content (AvgIpc) is 2.45. The molecule has 2 unspecified atom stereocenters. The monoisotopic (exact) mass is 332 g/mol. The second-order valence-electron chi connectivity index (χ2n) is 5.82. The largest absolute Gasteiger partial charge is 0.416 e. The number of carbonyl (C=O) groups is 1. The lowest BCUT2D eigenvalue weighted by atomic mass is 10.0. The zero-order valence-electron chi connectivity index (χ0n) is 13.4. The molecule has 4 nitrogen and oxygen atoms in total. The molecule has 7 heteroatoms. The van der Waals surface area contributed by atoms with E-state index >= 15 is 0 Å². The molecule has 1 aromatic rings. The summed E-state index contributed by atoms with van der Waals surface area (Å²) in [5.41, 5.74) is -0.142. The number of aliphatic hydroxyl groups is 1. The van der Waals surface area contributed by atoms with Crippen LogP contribution in [0.5, 0.6) is 0 Å². The fraction of sp³-hybridized carbons (Fsp3) is 0.562. The highest BCUT2D eigenvalue weighted by Crippen LogP contribution is 2.29. The number of halogens is 3. The molecule has 1 aromatic carbocycles. The van der Waals surface area contributed by atoms with Crippen molar-refractivity contribution in [3.63, 3.8) is 0 Å². The molecule has 0 aliphatic heterocycles. The smallest absolute Gasteiger partial charge is 0.396 e. The number of rotatable bonds is 6. The molecule has 2 amide bonds. The molecule has 0 bridgehead atoms. The minimum absolute atomic E-state index is 0.0302. The molecular formula is C16H23F3N2O2. The predicted molar refractivity (Wildman–Crippen MR) is 81.9 cm³/mol. The van der Waals surface area contributed by atoms with Crippen molar-refractivity contribution in [2.45, 2.75) is 45.5 Å². The number of hydrogen-bond acceptors (Lipinski definition) is 2. The maximum Gasteiger partial charge on any atom is 0.416 e. The van der Waals surface area contributed by atoms with E-state index in [9.17, 15) is 18.0 Å². The van der Waals surface area contributed by atoms with Crippen LogP contribution in [0, 0.1) is 5.92 Å². The van der Waals surface area contributed by atoms with Crippen molar-refractivity contribution < 1.29 is 23.1 Å². The van der Waals surface area contributed by atoms with Crippen molar-refractivity contribution >= 4 is 6.03 Å². The van der Waals surface area contributed by atoms with Gasteiger partial charge >= 0.3 is 12.2 Å². The van der Waals surface area contributed by atoms with Gasteiger partial charge in [0.25, 0.3) is 0 Å². The third-order valence-corrected chi connectivity index (χ3v) is 3.65. The Hall–Kier alpha value is -1.76.